The summed E-state index contributed by atoms with van der Waals surface area (Å²) < 4.78 is 5.43. The molecule has 2 aliphatic rings. The molecule has 0 spiro atoms. The fraction of sp³-hybridized carbons (Fsp3) is 0.667. The number of rotatable bonds is 0. The maximum atomic E-state index is 11.2. The molecule has 0 N–H and O–H groups in total. The van der Waals surface area contributed by atoms with E-state index in [2.05, 4.69) is 0 Å². The van der Waals surface area contributed by atoms with Gasteiger partial charge in [0.2, 0.25) is 5.78 Å². The van der Waals surface area contributed by atoms with Crippen LogP contribution in [0.15, 0.2) is 11.8 Å². The van der Waals surface area contributed by atoms with E-state index in [1.807, 2.05) is 6.08 Å². The second-order valence-corrected chi connectivity index (χ2v) is 3.22. The molecule has 0 aromatic heterocycles. The highest BCUT2D eigenvalue weighted by Gasteiger charge is 2.28. The van der Waals surface area contributed by atoms with E-state index in [0.29, 0.717) is 12.2 Å². The third-order valence-electron chi connectivity index (χ3n) is 2.29. The van der Waals surface area contributed by atoms with Gasteiger partial charge >= 0.3 is 0 Å². The van der Waals surface area contributed by atoms with Gasteiger partial charge in [-0.15, -0.1) is 0 Å². The minimum absolute atomic E-state index is 0.203. The average Bonchev–Trinajstić information content (AvgIpc) is 2.27. The molecule has 60 valence electrons. The number of Topliss-reactive ketones (excluding diaryl/α,β-unsaturated/α-hetero) is 1. The molecule has 1 atom stereocenters. The zero-order valence-electron chi connectivity index (χ0n) is 6.51. The number of carbonyl (C=O) groups excluding carboxylic acids is 1. The Balaban J connectivity index is 2.18. The lowest BCUT2D eigenvalue weighted by Crippen LogP contribution is -2.04. The molecule has 2 aliphatic heterocycles. The lowest BCUT2D eigenvalue weighted by Gasteiger charge is -2.11. The molecule has 2 nitrogen and oxygen atoms in total. The quantitative estimate of drug-likeness (QED) is 0.529. The van der Waals surface area contributed by atoms with Gasteiger partial charge in [-0.25, -0.2) is 0 Å². The number of hydrogen-bond acceptors (Lipinski definition) is 2. The van der Waals surface area contributed by atoms with Gasteiger partial charge in [-0.2, -0.15) is 0 Å². The van der Waals surface area contributed by atoms with E-state index in [4.69, 9.17) is 4.74 Å². The SMILES string of the molecule is O=C1CC2CCCCC=C1O2. The van der Waals surface area contributed by atoms with Gasteiger partial charge in [0.05, 0.1) is 6.42 Å². The summed E-state index contributed by atoms with van der Waals surface area (Å²) in [5.74, 6) is 0.839. The fourth-order valence-corrected chi connectivity index (χ4v) is 1.67. The molecule has 2 rings (SSSR count). The average molecular weight is 152 g/mol. The molecule has 0 amide bonds. The first kappa shape index (κ1) is 6.89. The standard InChI is InChI=1S/C9H12O2/c10-8-6-7-4-2-1-3-5-9(8)11-7/h5,7H,1-4,6H2. The molecule has 0 aromatic rings. The summed E-state index contributed by atoms with van der Waals surface area (Å²) in [5, 5.41) is 0. The summed E-state index contributed by atoms with van der Waals surface area (Å²) in [6, 6.07) is 0. The second kappa shape index (κ2) is 2.68. The zero-order chi connectivity index (χ0) is 7.68. The van der Waals surface area contributed by atoms with E-state index in [1.54, 1.807) is 0 Å². The summed E-state index contributed by atoms with van der Waals surface area (Å²) in [6.07, 6.45) is 7.23. The van der Waals surface area contributed by atoms with Crippen LogP contribution in [0, 0.1) is 0 Å². The van der Waals surface area contributed by atoms with E-state index >= 15 is 0 Å². The molecule has 0 radical (unpaired) electrons. The van der Waals surface area contributed by atoms with Crippen LogP contribution >= 0.6 is 0 Å². The van der Waals surface area contributed by atoms with Gasteiger partial charge < -0.3 is 4.74 Å². The van der Waals surface area contributed by atoms with Crippen molar-refractivity contribution in [2.24, 2.45) is 0 Å². The Hall–Kier alpha value is -0.790. The number of allylic oxidation sites excluding steroid dienone is 2. The van der Waals surface area contributed by atoms with Crippen molar-refractivity contribution in [3.8, 4) is 0 Å². The maximum Gasteiger partial charge on any atom is 0.200 e. The van der Waals surface area contributed by atoms with Crippen LogP contribution in [0.3, 0.4) is 0 Å². The van der Waals surface area contributed by atoms with Crippen LogP contribution in [0.2, 0.25) is 0 Å². The van der Waals surface area contributed by atoms with Crippen molar-refractivity contribution >= 4 is 5.78 Å². The van der Waals surface area contributed by atoms with Crippen LogP contribution in [0.4, 0.5) is 0 Å². The monoisotopic (exact) mass is 152 g/mol. The van der Waals surface area contributed by atoms with Gasteiger partial charge in [-0.3, -0.25) is 4.79 Å². The fourth-order valence-electron chi connectivity index (χ4n) is 1.67. The predicted molar refractivity (Wildman–Crippen MR) is 41.0 cm³/mol. The first-order valence-corrected chi connectivity index (χ1v) is 4.26. The van der Waals surface area contributed by atoms with Crippen molar-refractivity contribution in [2.75, 3.05) is 0 Å². The van der Waals surface area contributed by atoms with E-state index in [0.717, 1.165) is 12.8 Å². The zero-order valence-corrected chi connectivity index (χ0v) is 6.51. The van der Waals surface area contributed by atoms with E-state index in [-0.39, 0.29) is 11.9 Å². The van der Waals surface area contributed by atoms with Gasteiger partial charge in [0.15, 0.2) is 5.76 Å². The molecule has 0 aliphatic carbocycles. The molecule has 2 heteroatoms. The van der Waals surface area contributed by atoms with Gasteiger partial charge in [-0.1, -0.05) is 0 Å². The van der Waals surface area contributed by atoms with Crippen molar-refractivity contribution in [1.82, 2.24) is 0 Å². The van der Waals surface area contributed by atoms with E-state index in [1.165, 1.54) is 12.8 Å². The third-order valence-corrected chi connectivity index (χ3v) is 2.29. The van der Waals surface area contributed by atoms with Crippen LogP contribution in [-0.2, 0) is 9.53 Å². The van der Waals surface area contributed by atoms with Crippen LogP contribution in [0.1, 0.15) is 32.1 Å². The lowest BCUT2D eigenvalue weighted by atomic mass is 10.1. The highest BCUT2D eigenvalue weighted by Crippen LogP contribution is 2.26. The van der Waals surface area contributed by atoms with Crippen LogP contribution < -0.4 is 0 Å². The number of fused-ring (bicyclic) bond motifs is 2. The number of ketones is 1. The minimum Gasteiger partial charge on any atom is -0.487 e. The van der Waals surface area contributed by atoms with E-state index < -0.39 is 0 Å². The smallest absolute Gasteiger partial charge is 0.200 e. The van der Waals surface area contributed by atoms with E-state index in [9.17, 15) is 4.79 Å². The number of carbonyl (C=O) groups is 1. The molecule has 1 fully saturated rings. The summed E-state index contributed by atoms with van der Waals surface area (Å²) >= 11 is 0. The van der Waals surface area contributed by atoms with Crippen molar-refractivity contribution in [2.45, 2.75) is 38.2 Å². The van der Waals surface area contributed by atoms with Crippen molar-refractivity contribution in [3.05, 3.63) is 11.8 Å². The molecule has 0 saturated carbocycles. The first-order valence-electron chi connectivity index (χ1n) is 4.26. The van der Waals surface area contributed by atoms with Crippen molar-refractivity contribution in [1.29, 1.82) is 0 Å². The highest BCUT2D eigenvalue weighted by atomic mass is 16.5. The Bertz CT molecular complexity index is 206. The number of hydrogen-bond donors (Lipinski definition) is 0. The Morgan fingerprint density at radius 2 is 2.36 bits per heavy atom. The number of ether oxygens (including phenoxy) is 1. The van der Waals surface area contributed by atoms with Crippen LogP contribution in [-0.4, -0.2) is 11.9 Å². The van der Waals surface area contributed by atoms with Gasteiger partial charge in [0.1, 0.15) is 6.10 Å². The Morgan fingerprint density at radius 1 is 1.45 bits per heavy atom. The topological polar surface area (TPSA) is 26.3 Å². The van der Waals surface area contributed by atoms with Gasteiger partial charge in [0, 0.05) is 0 Å². The molecule has 2 bridgehead atoms. The van der Waals surface area contributed by atoms with Crippen LogP contribution in [0.25, 0.3) is 0 Å². The summed E-state index contributed by atoms with van der Waals surface area (Å²) in [4.78, 5) is 11.2. The molecule has 0 aromatic carbocycles. The maximum absolute atomic E-state index is 11.2. The largest absolute Gasteiger partial charge is 0.487 e. The summed E-state index contributed by atoms with van der Waals surface area (Å²) in [6.45, 7) is 0. The first-order chi connectivity index (χ1) is 5.36. The Kier molecular flexibility index (Phi) is 1.68. The van der Waals surface area contributed by atoms with Crippen LogP contribution in [0.5, 0.6) is 0 Å². The molecule has 1 saturated heterocycles. The lowest BCUT2D eigenvalue weighted by molar-refractivity contribution is -0.115. The minimum atomic E-state index is 0.203. The van der Waals surface area contributed by atoms with Gasteiger partial charge in [0.25, 0.3) is 0 Å². The third kappa shape index (κ3) is 1.30. The van der Waals surface area contributed by atoms with Crippen molar-refractivity contribution < 1.29 is 9.53 Å². The molecular formula is C9H12O2. The molecule has 1 unspecified atom stereocenters. The molecule has 11 heavy (non-hydrogen) atoms. The highest BCUT2D eigenvalue weighted by molar-refractivity contribution is 5.95. The molecule has 2 heterocycles. The predicted octanol–water partition coefficient (Wildman–Crippen LogP) is 1.80. The van der Waals surface area contributed by atoms with Gasteiger partial charge in [-0.05, 0) is 31.8 Å². The normalized spacial score (nSPS) is 30.4. The summed E-state index contributed by atoms with van der Waals surface area (Å²) in [7, 11) is 0. The summed E-state index contributed by atoms with van der Waals surface area (Å²) in [5.41, 5.74) is 0. The second-order valence-electron chi connectivity index (χ2n) is 3.22. The molecular weight excluding hydrogens is 140 g/mol. The van der Waals surface area contributed by atoms with Crippen molar-refractivity contribution in [3.63, 3.8) is 0 Å². The Morgan fingerprint density at radius 3 is 3.27 bits per heavy atom. The Labute approximate surface area is 66.2 Å².